The standard InChI is InChI=1S/C21H18FNO4/c1-25-16-9-11-17(12-10-16)26-14-21(24)23-19-7-2-3-8-20(19)27-18-6-4-5-15(22)13-18/h2-13H,14H2,1H3,(H,23,24). The van der Waals surface area contributed by atoms with Gasteiger partial charge in [0.15, 0.2) is 12.4 Å². The number of anilines is 1. The van der Waals surface area contributed by atoms with Crippen LogP contribution in [-0.4, -0.2) is 19.6 Å². The Morgan fingerprint density at radius 3 is 2.41 bits per heavy atom. The number of para-hydroxylation sites is 2. The fraction of sp³-hybridized carbons (Fsp3) is 0.0952. The van der Waals surface area contributed by atoms with Gasteiger partial charge in [0.25, 0.3) is 5.91 Å². The summed E-state index contributed by atoms with van der Waals surface area (Å²) in [4.78, 5) is 12.2. The summed E-state index contributed by atoms with van der Waals surface area (Å²) in [6.45, 7) is -0.166. The highest BCUT2D eigenvalue weighted by Crippen LogP contribution is 2.29. The predicted molar refractivity (Wildman–Crippen MR) is 100 cm³/mol. The van der Waals surface area contributed by atoms with Crippen molar-refractivity contribution in [2.24, 2.45) is 0 Å². The second kappa shape index (κ2) is 8.71. The Morgan fingerprint density at radius 2 is 1.67 bits per heavy atom. The van der Waals surface area contributed by atoms with Crippen LogP contribution >= 0.6 is 0 Å². The molecule has 3 aromatic carbocycles. The maximum atomic E-state index is 13.3. The molecule has 27 heavy (non-hydrogen) atoms. The molecule has 3 rings (SSSR count). The van der Waals surface area contributed by atoms with Gasteiger partial charge in [-0.1, -0.05) is 18.2 Å². The van der Waals surface area contributed by atoms with Crippen LogP contribution in [0.3, 0.4) is 0 Å². The Bertz CT molecular complexity index is 912. The van der Waals surface area contributed by atoms with Crippen LogP contribution in [0.15, 0.2) is 72.8 Å². The van der Waals surface area contributed by atoms with E-state index in [2.05, 4.69) is 5.32 Å². The SMILES string of the molecule is COc1ccc(OCC(=O)Nc2ccccc2Oc2cccc(F)c2)cc1. The molecule has 0 saturated carbocycles. The third kappa shape index (κ3) is 5.22. The van der Waals surface area contributed by atoms with E-state index in [1.165, 1.54) is 12.1 Å². The van der Waals surface area contributed by atoms with Gasteiger partial charge >= 0.3 is 0 Å². The Morgan fingerprint density at radius 1 is 0.926 bits per heavy atom. The topological polar surface area (TPSA) is 56.8 Å². The first kappa shape index (κ1) is 18.3. The average molecular weight is 367 g/mol. The number of amides is 1. The molecule has 0 saturated heterocycles. The number of nitrogens with one attached hydrogen (secondary N) is 1. The quantitative estimate of drug-likeness (QED) is 0.661. The fourth-order valence-electron chi connectivity index (χ4n) is 2.32. The van der Waals surface area contributed by atoms with E-state index < -0.39 is 5.82 Å². The molecule has 0 aliphatic rings. The number of hydrogen-bond acceptors (Lipinski definition) is 4. The molecule has 0 spiro atoms. The summed E-state index contributed by atoms with van der Waals surface area (Å²) in [6.07, 6.45) is 0. The zero-order chi connectivity index (χ0) is 19.1. The molecule has 0 radical (unpaired) electrons. The molecule has 0 unspecified atom stereocenters. The van der Waals surface area contributed by atoms with Crippen LogP contribution in [0.1, 0.15) is 0 Å². The summed E-state index contributed by atoms with van der Waals surface area (Å²) in [5.41, 5.74) is 0.463. The third-order valence-corrected chi connectivity index (χ3v) is 3.61. The highest BCUT2D eigenvalue weighted by atomic mass is 19.1. The molecular formula is C21H18FNO4. The van der Waals surface area contributed by atoms with E-state index in [0.717, 1.165) is 0 Å². The van der Waals surface area contributed by atoms with E-state index in [-0.39, 0.29) is 12.5 Å². The van der Waals surface area contributed by atoms with Crippen molar-refractivity contribution in [2.45, 2.75) is 0 Å². The van der Waals surface area contributed by atoms with Gasteiger partial charge in [-0.3, -0.25) is 4.79 Å². The number of rotatable bonds is 7. The Hall–Kier alpha value is -3.54. The van der Waals surface area contributed by atoms with Crippen LogP contribution in [0.25, 0.3) is 0 Å². The van der Waals surface area contributed by atoms with Crippen LogP contribution in [-0.2, 0) is 4.79 Å². The minimum atomic E-state index is -0.401. The number of ether oxygens (including phenoxy) is 3. The highest BCUT2D eigenvalue weighted by molar-refractivity contribution is 5.93. The summed E-state index contributed by atoms with van der Waals surface area (Å²) >= 11 is 0. The molecule has 5 nitrogen and oxygen atoms in total. The van der Waals surface area contributed by atoms with Gasteiger partial charge in [0.05, 0.1) is 12.8 Å². The Balaban J connectivity index is 1.62. The number of halogens is 1. The van der Waals surface area contributed by atoms with E-state index in [9.17, 15) is 9.18 Å². The van der Waals surface area contributed by atoms with Crippen molar-refractivity contribution < 1.29 is 23.4 Å². The lowest BCUT2D eigenvalue weighted by Gasteiger charge is -2.13. The highest BCUT2D eigenvalue weighted by Gasteiger charge is 2.10. The zero-order valence-corrected chi connectivity index (χ0v) is 14.6. The Kier molecular flexibility index (Phi) is 5.89. The second-order valence-corrected chi connectivity index (χ2v) is 5.57. The molecule has 0 fully saturated rings. The van der Waals surface area contributed by atoms with Crippen LogP contribution in [0.4, 0.5) is 10.1 Å². The van der Waals surface area contributed by atoms with Gasteiger partial charge in [-0.25, -0.2) is 4.39 Å². The maximum absolute atomic E-state index is 13.3. The molecule has 0 aliphatic heterocycles. The molecule has 138 valence electrons. The molecular weight excluding hydrogens is 349 g/mol. The van der Waals surface area contributed by atoms with Crippen molar-refractivity contribution >= 4 is 11.6 Å². The third-order valence-electron chi connectivity index (χ3n) is 3.61. The summed E-state index contributed by atoms with van der Waals surface area (Å²) in [7, 11) is 1.58. The molecule has 0 aliphatic carbocycles. The minimum absolute atomic E-state index is 0.166. The van der Waals surface area contributed by atoms with E-state index in [4.69, 9.17) is 14.2 Å². The number of carbonyl (C=O) groups is 1. The van der Waals surface area contributed by atoms with Gasteiger partial charge < -0.3 is 19.5 Å². The van der Waals surface area contributed by atoms with E-state index in [0.29, 0.717) is 28.7 Å². The zero-order valence-electron chi connectivity index (χ0n) is 14.6. The van der Waals surface area contributed by atoms with Crippen LogP contribution < -0.4 is 19.5 Å². The largest absolute Gasteiger partial charge is 0.497 e. The summed E-state index contributed by atoms with van der Waals surface area (Å²) in [5, 5.41) is 2.73. The fourth-order valence-corrected chi connectivity index (χ4v) is 2.32. The molecule has 6 heteroatoms. The van der Waals surface area contributed by atoms with Crippen molar-refractivity contribution in [2.75, 3.05) is 19.0 Å². The van der Waals surface area contributed by atoms with Crippen molar-refractivity contribution in [3.63, 3.8) is 0 Å². The number of benzene rings is 3. The number of methoxy groups -OCH3 is 1. The summed E-state index contributed by atoms with van der Waals surface area (Å²) in [5.74, 6) is 1.25. The van der Waals surface area contributed by atoms with Crippen molar-refractivity contribution in [1.29, 1.82) is 0 Å². The van der Waals surface area contributed by atoms with Gasteiger partial charge in [-0.2, -0.15) is 0 Å². The lowest BCUT2D eigenvalue weighted by molar-refractivity contribution is -0.118. The van der Waals surface area contributed by atoms with Crippen molar-refractivity contribution in [3.8, 4) is 23.0 Å². The lowest BCUT2D eigenvalue weighted by atomic mass is 10.2. The minimum Gasteiger partial charge on any atom is -0.497 e. The molecule has 0 aromatic heterocycles. The monoisotopic (exact) mass is 367 g/mol. The molecule has 1 amide bonds. The van der Waals surface area contributed by atoms with Gasteiger partial charge in [0.1, 0.15) is 23.1 Å². The Labute approximate surface area is 156 Å². The normalized spacial score (nSPS) is 10.1. The molecule has 0 heterocycles. The van der Waals surface area contributed by atoms with Gasteiger partial charge in [-0.05, 0) is 48.5 Å². The maximum Gasteiger partial charge on any atom is 0.262 e. The number of carbonyl (C=O) groups excluding carboxylic acids is 1. The molecule has 3 aromatic rings. The summed E-state index contributed by atoms with van der Waals surface area (Å²) in [6, 6.07) is 19.6. The van der Waals surface area contributed by atoms with E-state index >= 15 is 0 Å². The van der Waals surface area contributed by atoms with Crippen molar-refractivity contribution in [1.82, 2.24) is 0 Å². The summed E-state index contributed by atoms with van der Waals surface area (Å²) < 4.78 is 29.5. The van der Waals surface area contributed by atoms with Crippen LogP contribution in [0, 0.1) is 5.82 Å². The van der Waals surface area contributed by atoms with Gasteiger partial charge in [-0.15, -0.1) is 0 Å². The van der Waals surface area contributed by atoms with Gasteiger partial charge in [0, 0.05) is 6.07 Å². The smallest absolute Gasteiger partial charge is 0.262 e. The van der Waals surface area contributed by atoms with Crippen molar-refractivity contribution in [3.05, 3.63) is 78.6 Å². The van der Waals surface area contributed by atoms with E-state index in [1.807, 2.05) is 0 Å². The molecule has 0 bridgehead atoms. The molecule has 1 N–H and O–H groups in total. The van der Waals surface area contributed by atoms with Crippen LogP contribution in [0.2, 0.25) is 0 Å². The molecule has 0 atom stereocenters. The second-order valence-electron chi connectivity index (χ2n) is 5.57. The van der Waals surface area contributed by atoms with Crippen LogP contribution in [0.5, 0.6) is 23.0 Å². The first-order chi connectivity index (χ1) is 13.1. The first-order valence-corrected chi connectivity index (χ1v) is 8.23. The number of hydrogen-bond donors (Lipinski definition) is 1. The van der Waals surface area contributed by atoms with E-state index in [1.54, 1.807) is 67.8 Å². The average Bonchev–Trinajstić information content (AvgIpc) is 2.68. The predicted octanol–water partition coefficient (Wildman–Crippen LogP) is 4.64. The first-order valence-electron chi connectivity index (χ1n) is 8.23. The van der Waals surface area contributed by atoms with Gasteiger partial charge in [0.2, 0.25) is 0 Å². The lowest BCUT2D eigenvalue weighted by Crippen LogP contribution is -2.20.